The van der Waals surface area contributed by atoms with Gasteiger partial charge in [-0.05, 0) is 30.7 Å². The van der Waals surface area contributed by atoms with Crippen molar-refractivity contribution in [2.75, 3.05) is 6.54 Å². The van der Waals surface area contributed by atoms with Crippen molar-refractivity contribution in [1.82, 2.24) is 15.3 Å². The molecule has 0 aliphatic heterocycles. The first kappa shape index (κ1) is 16.0. The largest absolute Gasteiger partial charge is 0.462 e. The maximum absolute atomic E-state index is 12.2. The molecule has 0 radical (unpaired) electrons. The highest BCUT2D eigenvalue weighted by atomic mass is 32.1. The van der Waals surface area contributed by atoms with Crippen molar-refractivity contribution in [2.24, 2.45) is 0 Å². The Balaban J connectivity index is 1.29. The zero-order valence-corrected chi connectivity index (χ0v) is 14.9. The summed E-state index contributed by atoms with van der Waals surface area (Å²) < 4.78 is 6.50. The number of nitrogens with one attached hydrogen (secondary N) is 1. The van der Waals surface area contributed by atoms with Gasteiger partial charge in [0.1, 0.15) is 5.69 Å². The minimum atomic E-state index is -0.154. The second kappa shape index (κ2) is 7.16. The summed E-state index contributed by atoms with van der Waals surface area (Å²) in [5.41, 5.74) is 1.47. The van der Waals surface area contributed by atoms with Crippen LogP contribution in [0.2, 0.25) is 0 Å². The standard InChI is InChI=1S/C18H15N3O2S2/c22-17(13-11-24-18(21-13)14-6-4-10-23-14)19-9-3-8-16-20-12-5-1-2-7-15(12)25-16/h1-2,4-7,10-11H,3,8-9H2,(H,19,22). The predicted molar refractivity (Wildman–Crippen MR) is 100 cm³/mol. The molecule has 4 rings (SSSR count). The van der Waals surface area contributed by atoms with Crippen LogP contribution < -0.4 is 5.32 Å². The van der Waals surface area contributed by atoms with Gasteiger partial charge in [-0.2, -0.15) is 0 Å². The second-order valence-electron chi connectivity index (χ2n) is 5.45. The van der Waals surface area contributed by atoms with Crippen LogP contribution in [0.3, 0.4) is 0 Å². The van der Waals surface area contributed by atoms with E-state index in [0.717, 1.165) is 23.4 Å². The van der Waals surface area contributed by atoms with E-state index in [-0.39, 0.29) is 5.91 Å². The Morgan fingerprint density at radius 2 is 2.08 bits per heavy atom. The van der Waals surface area contributed by atoms with Crippen molar-refractivity contribution in [3.8, 4) is 10.8 Å². The van der Waals surface area contributed by atoms with Crippen LogP contribution in [0, 0.1) is 0 Å². The molecule has 3 aromatic heterocycles. The first-order valence-electron chi connectivity index (χ1n) is 7.91. The average Bonchev–Trinajstić information content (AvgIpc) is 3.37. The Labute approximate surface area is 152 Å². The maximum Gasteiger partial charge on any atom is 0.270 e. The van der Waals surface area contributed by atoms with E-state index in [1.54, 1.807) is 29.0 Å². The topological polar surface area (TPSA) is 68.0 Å². The van der Waals surface area contributed by atoms with Crippen molar-refractivity contribution in [3.63, 3.8) is 0 Å². The van der Waals surface area contributed by atoms with Gasteiger partial charge < -0.3 is 9.73 Å². The maximum atomic E-state index is 12.2. The minimum Gasteiger partial charge on any atom is -0.462 e. The number of hydrogen-bond donors (Lipinski definition) is 1. The zero-order valence-electron chi connectivity index (χ0n) is 13.3. The van der Waals surface area contributed by atoms with Crippen molar-refractivity contribution in [2.45, 2.75) is 12.8 Å². The highest BCUT2D eigenvalue weighted by Gasteiger charge is 2.13. The molecular weight excluding hydrogens is 354 g/mol. The third-order valence-electron chi connectivity index (χ3n) is 3.66. The lowest BCUT2D eigenvalue weighted by Crippen LogP contribution is -2.25. The first-order chi connectivity index (χ1) is 12.3. The van der Waals surface area contributed by atoms with E-state index in [0.29, 0.717) is 23.0 Å². The summed E-state index contributed by atoms with van der Waals surface area (Å²) in [6, 6.07) is 11.8. The molecule has 0 fully saturated rings. The van der Waals surface area contributed by atoms with E-state index in [1.165, 1.54) is 16.0 Å². The molecule has 7 heteroatoms. The van der Waals surface area contributed by atoms with Crippen molar-refractivity contribution in [3.05, 3.63) is 58.7 Å². The predicted octanol–water partition coefficient (Wildman–Crippen LogP) is 4.38. The SMILES string of the molecule is O=C(NCCCc1nc2ccccc2s1)c1csc(-c2ccco2)n1. The quantitative estimate of drug-likeness (QED) is 0.512. The molecular formula is C18H15N3O2S2. The number of amides is 1. The number of fused-ring (bicyclic) bond motifs is 1. The lowest BCUT2D eigenvalue weighted by atomic mass is 10.3. The number of benzene rings is 1. The molecule has 25 heavy (non-hydrogen) atoms. The molecule has 1 N–H and O–H groups in total. The Morgan fingerprint density at radius 3 is 2.92 bits per heavy atom. The van der Waals surface area contributed by atoms with Gasteiger partial charge in [0.05, 0.1) is 21.5 Å². The summed E-state index contributed by atoms with van der Waals surface area (Å²) in [6.45, 7) is 0.600. The zero-order chi connectivity index (χ0) is 17.1. The van der Waals surface area contributed by atoms with Gasteiger partial charge >= 0.3 is 0 Å². The molecule has 0 atom stereocenters. The van der Waals surface area contributed by atoms with Gasteiger partial charge in [-0.15, -0.1) is 22.7 Å². The molecule has 0 saturated carbocycles. The van der Waals surface area contributed by atoms with Gasteiger partial charge in [0.25, 0.3) is 5.91 Å². The Morgan fingerprint density at radius 1 is 1.16 bits per heavy atom. The van der Waals surface area contributed by atoms with Crippen LogP contribution in [0.4, 0.5) is 0 Å². The Bertz CT molecular complexity index is 956. The van der Waals surface area contributed by atoms with Crippen LogP contribution in [0.15, 0.2) is 52.5 Å². The summed E-state index contributed by atoms with van der Waals surface area (Å²) in [5, 5.41) is 6.48. The average molecular weight is 369 g/mol. The number of nitrogens with zero attached hydrogens (tertiary/aromatic N) is 2. The van der Waals surface area contributed by atoms with Gasteiger partial charge in [-0.1, -0.05) is 12.1 Å². The van der Waals surface area contributed by atoms with Crippen molar-refractivity contribution >= 4 is 38.8 Å². The van der Waals surface area contributed by atoms with Crippen LogP contribution >= 0.6 is 22.7 Å². The highest BCUT2D eigenvalue weighted by molar-refractivity contribution is 7.18. The van der Waals surface area contributed by atoms with Gasteiger partial charge in [-0.3, -0.25) is 4.79 Å². The molecule has 0 aliphatic rings. The molecule has 1 aromatic carbocycles. The molecule has 0 aliphatic carbocycles. The molecule has 1 amide bonds. The Kier molecular flexibility index (Phi) is 4.58. The van der Waals surface area contributed by atoms with Crippen LogP contribution in [0.1, 0.15) is 21.9 Å². The highest BCUT2D eigenvalue weighted by Crippen LogP contribution is 2.24. The number of hydrogen-bond acceptors (Lipinski definition) is 6. The number of carbonyl (C=O) groups excluding carboxylic acids is 1. The van der Waals surface area contributed by atoms with Crippen LogP contribution in [0.5, 0.6) is 0 Å². The summed E-state index contributed by atoms with van der Waals surface area (Å²) in [6.07, 6.45) is 3.30. The van der Waals surface area contributed by atoms with Crippen molar-refractivity contribution in [1.29, 1.82) is 0 Å². The molecule has 0 spiro atoms. The normalized spacial score (nSPS) is 11.0. The molecule has 0 saturated heterocycles. The van der Waals surface area contributed by atoms with Gasteiger partial charge in [0, 0.05) is 18.3 Å². The van der Waals surface area contributed by atoms with Gasteiger partial charge in [0.15, 0.2) is 10.8 Å². The van der Waals surface area contributed by atoms with E-state index in [4.69, 9.17) is 4.42 Å². The lowest BCUT2D eigenvalue weighted by molar-refractivity contribution is 0.0949. The van der Waals surface area contributed by atoms with Crippen molar-refractivity contribution < 1.29 is 9.21 Å². The van der Waals surface area contributed by atoms with Crippen LogP contribution in [-0.4, -0.2) is 22.4 Å². The summed E-state index contributed by atoms with van der Waals surface area (Å²) in [5.74, 6) is 0.526. The number of furan rings is 1. The molecule has 126 valence electrons. The van der Waals surface area contributed by atoms with E-state index >= 15 is 0 Å². The second-order valence-corrected chi connectivity index (χ2v) is 7.42. The lowest BCUT2D eigenvalue weighted by Gasteiger charge is -2.01. The van der Waals surface area contributed by atoms with E-state index in [9.17, 15) is 4.79 Å². The summed E-state index contributed by atoms with van der Waals surface area (Å²) in [7, 11) is 0. The minimum absolute atomic E-state index is 0.154. The van der Waals surface area contributed by atoms with Crippen LogP contribution in [0.25, 0.3) is 21.0 Å². The van der Waals surface area contributed by atoms with E-state index in [2.05, 4.69) is 21.4 Å². The third kappa shape index (κ3) is 3.62. The number of rotatable bonds is 6. The molecule has 5 nitrogen and oxygen atoms in total. The smallest absolute Gasteiger partial charge is 0.270 e. The summed E-state index contributed by atoms with van der Waals surface area (Å²) in [4.78, 5) is 21.1. The van der Waals surface area contributed by atoms with E-state index < -0.39 is 0 Å². The number of thiazole rings is 2. The fourth-order valence-corrected chi connectivity index (χ4v) is 4.23. The fourth-order valence-electron chi connectivity index (χ4n) is 2.45. The number of para-hydroxylation sites is 1. The molecule has 0 bridgehead atoms. The Hall–Kier alpha value is -2.51. The first-order valence-corrected chi connectivity index (χ1v) is 9.61. The van der Waals surface area contributed by atoms with Crippen LogP contribution in [-0.2, 0) is 6.42 Å². The molecule has 3 heterocycles. The van der Waals surface area contributed by atoms with Gasteiger partial charge in [-0.25, -0.2) is 9.97 Å². The van der Waals surface area contributed by atoms with Gasteiger partial charge in [0.2, 0.25) is 0 Å². The molecule has 4 aromatic rings. The van der Waals surface area contributed by atoms with E-state index in [1.807, 2.05) is 24.3 Å². The fraction of sp³-hybridized carbons (Fsp3) is 0.167. The number of carbonyl (C=O) groups is 1. The number of aryl methyl sites for hydroxylation is 1. The third-order valence-corrected chi connectivity index (χ3v) is 5.61. The number of aromatic nitrogens is 2. The summed E-state index contributed by atoms with van der Waals surface area (Å²) >= 11 is 3.11. The monoisotopic (exact) mass is 369 g/mol. The molecule has 0 unspecified atom stereocenters.